The van der Waals surface area contributed by atoms with Crippen molar-refractivity contribution in [2.75, 3.05) is 11.6 Å². The summed E-state index contributed by atoms with van der Waals surface area (Å²) in [5.41, 5.74) is 1.11. The maximum absolute atomic E-state index is 12.7. The van der Waals surface area contributed by atoms with Crippen LogP contribution in [0.1, 0.15) is 19.4 Å². The molecule has 6 nitrogen and oxygen atoms in total. The summed E-state index contributed by atoms with van der Waals surface area (Å²) in [6.07, 6.45) is 0. The maximum Gasteiger partial charge on any atom is 0.233 e. The highest BCUT2D eigenvalue weighted by molar-refractivity contribution is 7.99. The summed E-state index contributed by atoms with van der Waals surface area (Å²) in [5.74, 6) is 7.02. The molecule has 8 heteroatoms. The molecule has 0 spiro atoms. The lowest BCUT2D eigenvalue weighted by Gasteiger charge is -2.26. The number of hydrogen-bond donors (Lipinski definition) is 1. The SMILES string of the molecule is CC(C)N(Cc1ccccc1)C(=O)CSc1nnc(-c2cccs2)n1N. The second-order valence-corrected chi connectivity index (χ2v) is 7.93. The van der Waals surface area contributed by atoms with Gasteiger partial charge in [-0.05, 0) is 30.9 Å². The molecule has 0 atom stereocenters. The van der Waals surface area contributed by atoms with E-state index >= 15 is 0 Å². The number of amides is 1. The van der Waals surface area contributed by atoms with Crippen molar-refractivity contribution in [3.05, 3.63) is 53.4 Å². The average molecular weight is 388 g/mol. The van der Waals surface area contributed by atoms with E-state index in [4.69, 9.17) is 5.84 Å². The number of nitrogens with zero attached hydrogens (tertiary/aromatic N) is 4. The molecule has 2 heterocycles. The van der Waals surface area contributed by atoms with Crippen LogP contribution in [-0.4, -0.2) is 37.5 Å². The fourth-order valence-corrected chi connectivity index (χ4v) is 3.95. The van der Waals surface area contributed by atoms with E-state index in [-0.39, 0.29) is 17.7 Å². The molecule has 3 aromatic rings. The largest absolute Gasteiger partial charge is 0.335 e. The molecule has 0 radical (unpaired) electrons. The third-order valence-electron chi connectivity index (χ3n) is 3.87. The topological polar surface area (TPSA) is 77.0 Å². The highest BCUT2D eigenvalue weighted by Gasteiger charge is 2.20. The van der Waals surface area contributed by atoms with Gasteiger partial charge in [0.1, 0.15) is 0 Å². The Morgan fingerprint density at radius 2 is 2.00 bits per heavy atom. The number of carbonyl (C=O) groups excluding carboxylic acids is 1. The average Bonchev–Trinajstić information content (AvgIpc) is 3.28. The van der Waals surface area contributed by atoms with Gasteiger partial charge in [0.2, 0.25) is 11.1 Å². The normalized spacial score (nSPS) is 11.0. The Bertz CT molecular complexity index is 846. The van der Waals surface area contributed by atoms with Crippen LogP contribution < -0.4 is 5.84 Å². The zero-order chi connectivity index (χ0) is 18.5. The zero-order valence-corrected chi connectivity index (χ0v) is 16.3. The molecule has 1 aromatic carbocycles. The minimum Gasteiger partial charge on any atom is -0.335 e. The Morgan fingerprint density at radius 3 is 2.65 bits per heavy atom. The predicted octanol–water partition coefficient (Wildman–Crippen LogP) is 3.25. The quantitative estimate of drug-likeness (QED) is 0.497. The Balaban J connectivity index is 1.65. The molecule has 0 fully saturated rings. The lowest BCUT2D eigenvalue weighted by Crippen LogP contribution is -2.37. The van der Waals surface area contributed by atoms with E-state index in [1.54, 1.807) is 11.3 Å². The summed E-state index contributed by atoms with van der Waals surface area (Å²) in [5, 5.41) is 10.8. The molecule has 0 aliphatic rings. The van der Waals surface area contributed by atoms with Gasteiger partial charge in [-0.2, -0.15) is 0 Å². The Hall–Kier alpha value is -2.32. The lowest BCUT2D eigenvalue weighted by atomic mass is 10.2. The highest BCUT2D eigenvalue weighted by Crippen LogP contribution is 2.25. The van der Waals surface area contributed by atoms with Gasteiger partial charge in [0.15, 0.2) is 5.82 Å². The highest BCUT2D eigenvalue weighted by atomic mass is 32.2. The van der Waals surface area contributed by atoms with Crippen LogP contribution in [-0.2, 0) is 11.3 Å². The van der Waals surface area contributed by atoms with E-state index < -0.39 is 0 Å². The van der Waals surface area contributed by atoms with Crippen molar-refractivity contribution < 1.29 is 4.79 Å². The molecule has 0 aliphatic carbocycles. The van der Waals surface area contributed by atoms with E-state index in [0.717, 1.165) is 10.4 Å². The first-order valence-corrected chi connectivity index (χ1v) is 10.1. The van der Waals surface area contributed by atoms with Gasteiger partial charge in [-0.15, -0.1) is 21.5 Å². The van der Waals surface area contributed by atoms with Gasteiger partial charge in [-0.3, -0.25) is 4.79 Å². The van der Waals surface area contributed by atoms with Crippen LogP contribution in [0.3, 0.4) is 0 Å². The number of hydrogen-bond acceptors (Lipinski definition) is 6. The minimum atomic E-state index is 0.0505. The molecule has 136 valence electrons. The van der Waals surface area contributed by atoms with Crippen LogP contribution in [0.25, 0.3) is 10.7 Å². The molecule has 3 rings (SSSR count). The van der Waals surface area contributed by atoms with Crippen molar-refractivity contribution in [2.45, 2.75) is 31.6 Å². The third-order valence-corrected chi connectivity index (χ3v) is 5.66. The smallest absolute Gasteiger partial charge is 0.233 e. The summed E-state index contributed by atoms with van der Waals surface area (Å²) in [6.45, 7) is 4.63. The molecule has 2 N–H and O–H groups in total. The number of nitrogen functional groups attached to an aromatic ring is 1. The predicted molar refractivity (Wildman–Crippen MR) is 106 cm³/mol. The van der Waals surface area contributed by atoms with Crippen molar-refractivity contribution in [1.29, 1.82) is 0 Å². The number of rotatable bonds is 7. The molecule has 0 bridgehead atoms. The monoisotopic (exact) mass is 387 g/mol. The van der Waals surface area contributed by atoms with Crippen LogP contribution in [0.15, 0.2) is 53.0 Å². The van der Waals surface area contributed by atoms with E-state index in [1.165, 1.54) is 16.4 Å². The number of aromatic nitrogens is 3. The fraction of sp³-hybridized carbons (Fsp3) is 0.278. The molecule has 0 saturated heterocycles. The standard InChI is InChI=1S/C18H21N5OS2/c1-13(2)22(11-14-7-4-3-5-8-14)16(24)12-26-18-21-20-17(23(18)19)15-9-6-10-25-15/h3-10,13H,11-12,19H2,1-2H3. The first-order valence-electron chi connectivity index (χ1n) is 8.27. The van der Waals surface area contributed by atoms with Gasteiger partial charge >= 0.3 is 0 Å². The van der Waals surface area contributed by atoms with E-state index in [1.807, 2.05) is 66.6 Å². The van der Waals surface area contributed by atoms with Gasteiger partial charge in [-0.25, -0.2) is 4.68 Å². The maximum atomic E-state index is 12.7. The second-order valence-electron chi connectivity index (χ2n) is 6.04. The Labute approximate surface area is 161 Å². The van der Waals surface area contributed by atoms with Crippen molar-refractivity contribution in [3.8, 4) is 10.7 Å². The first kappa shape index (κ1) is 18.5. The second kappa shape index (κ2) is 8.37. The van der Waals surface area contributed by atoms with Gasteiger partial charge in [0.05, 0.1) is 10.6 Å². The van der Waals surface area contributed by atoms with E-state index in [2.05, 4.69) is 10.2 Å². The molecule has 0 saturated carbocycles. The summed E-state index contributed by atoms with van der Waals surface area (Å²) in [4.78, 5) is 15.5. The molecule has 2 aromatic heterocycles. The number of carbonyl (C=O) groups is 1. The minimum absolute atomic E-state index is 0.0505. The number of benzene rings is 1. The molecule has 26 heavy (non-hydrogen) atoms. The van der Waals surface area contributed by atoms with Crippen LogP contribution in [0.2, 0.25) is 0 Å². The zero-order valence-electron chi connectivity index (χ0n) is 14.7. The van der Waals surface area contributed by atoms with Crippen molar-refractivity contribution in [1.82, 2.24) is 19.8 Å². The summed E-state index contributed by atoms with van der Waals surface area (Å²) in [7, 11) is 0. The molecule has 0 aliphatic heterocycles. The van der Waals surface area contributed by atoms with Crippen LogP contribution in [0.5, 0.6) is 0 Å². The molecule has 1 amide bonds. The van der Waals surface area contributed by atoms with Gasteiger partial charge in [0, 0.05) is 12.6 Å². The van der Waals surface area contributed by atoms with Gasteiger partial charge in [-0.1, -0.05) is 48.2 Å². The van der Waals surface area contributed by atoms with Crippen molar-refractivity contribution in [3.63, 3.8) is 0 Å². The fourth-order valence-electron chi connectivity index (χ4n) is 2.50. The van der Waals surface area contributed by atoms with Gasteiger partial charge in [0.25, 0.3) is 0 Å². The van der Waals surface area contributed by atoms with Crippen LogP contribution >= 0.6 is 23.1 Å². The first-order chi connectivity index (χ1) is 12.6. The number of thiophene rings is 1. The summed E-state index contributed by atoms with van der Waals surface area (Å²) < 4.78 is 1.45. The number of thioether (sulfide) groups is 1. The Kier molecular flexibility index (Phi) is 5.95. The molecular formula is C18H21N5OS2. The van der Waals surface area contributed by atoms with Crippen LogP contribution in [0.4, 0.5) is 0 Å². The van der Waals surface area contributed by atoms with Crippen LogP contribution in [0, 0.1) is 0 Å². The lowest BCUT2D eigenvalue weighted by molar-refractivity contribution is -0.130. The third kappa shape index (κ3) is 4.25. The van der Waals surface area contributed by atoms with E-state index in [0.29, 0.717) is 17.5 Å². The van der Waals surface area contributed by atoms with Crippen molar-refractivity contribution in [2.24, 2.45) is 0 Å². The van der Waals surface area contributed by atoms with E-state index in [9.17, 15) is 4.79 Å². The summed E-state index contributed by atoms with van der Waals surface area (Å²) >= 11 is 2.86. The molecule has 0 unspecified atom stereocenters. The summed E-state index contributed by atoms with van der Waals surface area (Å²) in [6, 6.07) is 14.0. The number of nitrogens with two attached hydrogens (primary N) is 1. The Morgan fingerprint density at radius 1 is 1.23 bits per heavy atom. The van der Waals surface area contributed by atoms with Crippen molar-refractivity contribution >= 4 is 29.0 Å². The van der Waals surface area contributed by atoms with Gasteiger partial charge < -0.3 is 10.7 Å². The molecular weight excluding hydrogens is 366 g/mol.